The quantitative estimate of drug-likeness (QED) is 0.496. The summed E-state index contributed by atoms with van der Waals surface area (Å²) in [4.78, 5) is 13.1. The molecule has 0 aliphatic carbocycles. The van der Waals surface area contributed by atoms with Crippen molar-refractivity contribution in [3.8, 4) is 22.7 Å². The molecule has 0 fully saturated rings. The molecule has 5 heterocycles. The third kappa shape index (κ3) is 3.11. The zero-order valence-corrected chi connectivity index (χ0v) is 15.7. The number of furan rings is 1. The van der Waals surface area contributed by atoms with Crippen molar-refractivity contribution >= 4 is 22.7 Å². The molecule has 0 radical (unpaired) electrons. The molecule has 26 heavy (non-hydrogen) atoms. The van der Waals surface area contributed by atoms with Gasteiger partial charge in [-0.15, -0.1) is 11.3 Å². The van der Waals surface area contributed by atoms with Crippen LogP contribution in [0, 0.1) is 0 Å². The first kappa shape index (κ1) is 15.9. The highest BCUT2D eigenvalue weighted by atomic mass is 32.1. The van der Waals surface area contributed by atoms with E-state index in [1.165, 1.54) is 21.6 Å². The van der Waals surface area contributed by atoms with Crippen molar-refractivity contribution in [3.63, 3.8) is 0 Å². The third-order valence-corrected chi connectivity index (χ3v) is 6.25. The molecule has 4 nitrogen and oxygen atoms in total. The molecule has 4 aromatic rings. The Morgan fingerprint density at radius 3 is 3.04 bits per heavy atom. The summed E-state index contributed by atoms with van der Waals surface area (Å²) < 4.78 is 5.41. The van der Waals surface area contributed by atoms with E-state index in [0.717, 1.165) is 37.5 Å². The second-order valence-corrected chi connectivity index (χ2v) is 8.19. The van der Waals surface area contributed by atoms with Crippen LogP contribution in [0.15, 0.2) is 57.3 Å². The molecule has 0 atom stereocenters. The maximum absolute atomic E-state index is 5.41. The van der Waals surface area contributed by atoms with Crippen molar-refractivity contribution in [2.24, 2.45) is 0 Å². The topological polar surface area (TPSA) is 42.2 Å². The van der Waals surface area contributed by atoms with Gasteiger partial charge in [0, 0.05) is 42.7 Å². The van der Waals surface area contributed by atoms with Crippen molar-refractivity contribution in [1.29, 1.82) is 0 Å². The summed E-state index contributed by atoms with van der Waals surface area (Å²) in [5.41, 5.74) is 5.02. The molecule has 1 aliphatic heterocycles. The molecule has 1 aliphatic rings. The van der Waals surface area contributed by atoms with E-state index in [-0.39, 0.29) is 0 Å². The van der Waals surface area contributed by atoms with E-state index in [0.29, 0.717) is 5.82 Å². The average Bonchev–Trinajstić information content (AvgIpc) is 3.42. The van der Waals surface area contributed by atoms with Gasteiger partial charge in [-0.3, -0.25) is 4.90 Å². The van der Waals surface area contributed by atoms with Crippen molar-refractivity contribution in [3.05, 3.63) is 69.0 Å². The predicted molar refractivity (Wildman–Crippen MR) is 105 cm³/mol. The van der Waals surface area contributed by atoms with Crippen LogP contribution in [0.3, 0.4) is 0 Å². The molecule has 0 bridgehead atoms. The lowest BCUT2D eigenvalue weighted by Gasteiger charge is -2.27. The van der Waals surface area contributed by atoms with Gasteiger partial charge in [-0.25, -0.2) is 9.97 Å². The van der Waals surface area contributed by atoms with Gasteiger partial charge in [0.05, 0.1) is 12.0 Å². The first-order valence-electron chi connectivity index (χ1n) is 8.56. The maximum Gasteiger partial charge on any atom is 0.195 e. The number of aromatic nitrogens is 2. The van der Waals surface area contributed by atoms with Crippen molar-refractivity contribution < 1.29 is 4.42 Å². The Morgan fingerprint density at radius 2 is 2.19 bits per heavy atom. The third-order valence-electron chi connectivity index (χ3n) is 4.64. The van der Waals surface area contributed by atoms with Crippen molar-refractivity contribution in [1.82, 2.24) is 14.9 Å². The molecule has 0 saturated carbocycles. The number of hydrogen-bond acceptors (Lipinski definition) is 6. The van der Waals surface area contributed by atoms with Gasteiger partial charge in [-0.2, -0.15) is 11.3 Å². The molecule has 0 saturated heterocycles. The van der Waals surface area contributed by atoms with Gasteiger partial charge in [0.2, 0.25) is 0 Å². The normalized spacial score (nSPS) is 14.5. The van der Waals surface area contributed by atoms with Crippen LogP contribution in [0.25, 0.3) is 22.7 Å². The Hall–Kier alpha value is -2.28. The van der Waals surface area contributed by atoms with E-state index in [9.17, 15) is 0 Å². The van der Waals surface area contributed by atoms with E-state index in [1.54, 1.807) is 17.6 Å². The highest BCUT2D eigenvalue weighted by molar-refractivity contribution is 7.10. The number of hydrogen-bond donors (Lipinski definition) is 0. The smallest absolute Gasteiger partial charge is 0.195 e. The van der Waals surface area contributed by atoms with Gasteiger partial charge in [0.1, 0.15) is 0 Å². The van der Waals surface area contributed by atoms with Gasteiger partial charge in [0.15, 0.2) is 11.6 Å². The molecule has 130 valence electrons. The molecule has 0 amide bonds. The van der Waals surface area contributed by atoms with Crippen LogP contribution >= 0.6 is 22.7 Å². The average molecular weight is 380 g/mol. The Labute approximate surface area is 159 Å². The standard InChI is InChI=1S/C20H17N3OS2/c1-2-19(24-6-1)20-21-9-16-10-23(5-3-18(16)22-20)11-17-8-15(13-26-17)14-4-7-25-12-14/h1-2,4,6-9,12-13H,3,5,10-11H2. The molecular weight excluding hydrogens is 362 g/mol. The van der Waals surface area contributed by atoms with Crippen molar-refractivity contribution in [2.45, 2.75) is 19.5 Å². The van der Waals surface area contributed by atoms with Crippen molar-refractivity contribution in [2.75, 3.05) is 6.54 Å². The van der Waals surface area contributed by atoms with E-state index >= 15 is 0 Å². The fourth-order valence-corrected chi connectivity index (χ4v) is 4.90. The van der Waals surface area contributed by atoms with E-state index in [2.05, 4.69) is 38.2 Å². The molecular formula is C20H17N3OS2. The highest BCUT2D eigenvalue weighted by Gasteiger charge is 2.20. The Balaban J connectivity index is 1.30. The van der Waals surface area contributed by atoms with Gasteiger partial charge in [-0.1, -0.05) is 0 Å². The van der Waals surface area contributed by atoms with Gasteiger partial charge < -0.3 is 4.42 Å². The number of rotatable bonds is 4. The largest absolute Gasteiger partial charge is 0.461 e. The van der Waals surface area contributed by atoms with Crippen LogP contribution in [0.2, 0.25) is 0 Å². The fourth-order valence-electron chi connectivity index (χ4n) is 3.30. The minimum atomic E-state index is 0.681. The Morgan fingerprint density at radius 1 is 1.19 bits per heavy atom. The maximum atomic E-state index is 5.41. The lowest BCUT2D eigenvalue weighted by molar-refractivity contribution is 0.245. The lowest BCUT2D eigenvalue weighted by atomic mass is 10.1. The number of fused-ring (bicyclic) bond motifs is 1. The summed E-state index contributed by atoms with van der Waals surface area (Å²) >= 11 is 3.59. The second-order valence-electron chi connectivity index (χ2n) is 6.42. The Bertz CT molecular complexity index is 1010. The van der Waals surface area contributed by atoms with Gasteiger partial charge in [0.25, 0.3) is 0 Å². The number of thiophene rings is 2. The second kappa shape index (κ2) is 6.79. The summed E-state index contributed by atoms with van der Waals surface area (Å²) in [5.74, 6) is 1.41. The zero-order chi connectivity index (χ0) is 17.3. The molecule has 4 aromatic heterocycles. The summed E-state index contributed by atoms with van der Waals surface area (Å²) in [7, 11) is 0. The highest BCUT2D eigenvalue weighted by Crippen LogP contribution is 2.29. The fraction of sp³-hybridized carbons (Fsp3) is 0.200. The zero-order valence-electron chi connectivity index (χ0n) is 14.1. The molecule has 0 N–H and O–H groups in total. The molecule has 0 unspecified atom stereocenters. The molecule has 6 heteroatoms. The molecule has 0 spiro atoms. The van der Waals surface area contributed by atoms with Crippen LogP contribution in [0.5, 0.6) is 0 Å². The summed E-state index contributed by atoms with van der Waals surface area (Å²) in [6.45, 7) is 2.90. The summed E-state index contributed by atoms with van der Waals surface area (Å²) in [5, 5.41) is 6.59. The SMILES string of the molecule is c1coc(-c2ncc3c(n2)CCN(Cc2cc(-c4ccsc4)cs2)C3)c1. The van der Waals surface area contributed by atoms with E-state index in [4.69, 9.17) is 9.40 Å². The molecule has 5 rings (SSSR count). The summed E-state index contributed by atoms with van der Waals surface area (Å²) in [6, 6.07) is 8.27. The van der Waals surface area contributed by atoms with Gasteiger partial charge >= 0.3 is 0 Å². The van der Waals surface area contributed by atoms with E-state index in [1.807, 2.05) is 29.7 Å². The number of nitrogens with zero attached hydrogens (tertiary/aromatic N) is 3. The van der Waals surface area contributed by atoms with Gasteiger partial charge in [-0.05, 0) is 51.5 Å². The Kier molecular flexibility index (Phi) is 4.16. The molecule has 0 aromatic carbocycles. The minimum absolute atomic E-state index is 0.681. The van der Waals surface area contributed by atoms with Crippen LogP contribution in [-0.2, 0) is 19.5 Å². The first-order valence-corrected chi connectivity index (χ1v) is 10.4. The summed E-state index contributed by atoms with van der Waals surface area (Å²) in [6.07, 6.45) is 4.57. The van der Waals surface area contributed by atoms with Crippen LogP contribution in [-0.4, -0.2) is 21.4 Å². The van der Waals surface area contributed by atoms with Crippen LogP contribution < -0.4 is 0 Å². The lowest BCUT2D eigenvalue weighted by Crippen LogP contribution is -2.30. The minimum Gasteiger partial charge on any atom is -0.461 e. The monoisotopic (exact) mass is 379 g/mol. The van der Waals surface area contributed by atoms with Crippen LogP contribution in [0.4, 0.5) is 0 Å². The first-order chi connectivity index (χ1) is 12.8. The predicted octanol–water partition coefficient (Wildman–Crippen LogP) is 5.08. The van der Waals surface area contributed by atoms with E-state index < -0.39 is 0 Å². The van der Waals surface area contributed by atoms with Crippen LogP contribution in [0.1, 0.15) is 16.1 Å².